The van der Waals surface area contributed by atoms with Gasteiger partial charge >= 0.3 is 11.9 Å². The smallest absolute Gasteiger partial charge is 0.303 e. The third-order valence-electron chi connectivity index (χ3n) is 15.0. The zero-order valence-corrected chi connectivity index (χ0v) is 55.9. The molecular formula is C67H124N4O20. The van der Waals surface area contributed by atoms with Gasteiger partial charge in [-0.25, -0.2) is 0 Å². The summed E-state index contributed by atoms with van der Waals surface area (Å²) in [7, 11) is 0. The Hall–Kier alpha value is -4.82. The van der Waals surface area contributed by atoms with Crippen LogP contribution < -0.4 is 21.3 Å². The van der Waals surface area contributed by atoms with Crippen LogP contribution in [0.3, 0.4) is 0 Å². The van der Waals surface area contributed by atoms with Gasteiger partial charge in [0.05, 0.1) is 66.1 Å². The van der Waals surface area contributed by atoms with Crippen LogP contribution in [0, 0.1) is 11.8 Å². The third-order valence-corrected chi connectivity index (χ3v) is 15.0. The molecule has 24 heteroatoms. The predicted molar refractivity (Wildman–Crippen MR) is 349 cm³/mol. The average Bonchev–Trinajstić information content (AvgIpc) is 3.18. The number of hydrogen-bond acceptors (Lipinski definition) is 18. The molecule has 0 aliphatic rings. The quantitative estimate of drug-likeness (QED) is 0.0310. The van der Waals surface area contributed by atoms with Crippen LogP contribution in [0.1, 0.15) is 229 Å². The lowest BCUT2D eigenvalue weighted by atomic mass is 9.87. The number of aliphatic carboxylic acids is 2. The Morgan fingerprint density at radius 2 is 0.648 bits per heavy atom. The van der Waals surface area contributed by atoms with Gasteiger partial charge < -0.3 is 69.4 Å². The Bertz CT molecular complexity index is 1910. The first-order valence-corrected chi connectivity index (χ1v) is 34.3. The van der Waals surface area contributed by atoms with E-state index >= 15 is 0 Å². The van der Waals surface area contributed by atoms with E-state index in [0.29, 0.717) is 123 Å². The number of rotatable bonds is 72. The number of ketones is 4. The summed E-state index contributed by atoms with van der Waals surface area (Å²) in [6, 6.07) is 0. The van der Waals surface area contributed by atoms with E-state index in [1.807, 2.05) is 6.92 Å². The molecule has 0 heterocycles. The van der Waals surface area contributed by atoms with Gasteiger partial charge in [-0.2, -0.15) is 0 Å². The molecule has 0 spiro atoms. The molecule has 0 saturated carbocycles. The molecule has 0 saturated heterocycles. The minimum absolute atomic E-state index is 0. The highest BCUT2D eigenvalue weighted by molar-refractivity contribution is 5.87. The number of carboxylic acid groups (broad SMARTS) is 2. The first kappa shape index (κ1) is 86.2. The van der Waals surface area contributed by atoms with Crippen molar-refractivity contribution in [1.82, 2.24) is 21.3 Å². The second-order valence-electron chi connectivity index (χ2n) is 23.4. The van der Waals surface area contributed by atoms with Gasteiger partial charge in [-0.05, 0) is 71.1 Å². The Morgan fingerprint density at radius 1 is 0.319 bits per heavy atom. The largest absolute Gasteiger partial charge is 0.481 e. The number of hydrogen-bond donors (Lipinski definition) is 6. The fourth-order valence-electron chi connectivity index (χ4n) is 9.50. The van der Waals surface area contributed by atoms with Crippen molar-refractivity contribution in [1.29, 1.82) is 0 Å². The maximum absolute atomic E-state index is 13.0. The number of carbonyl (C=O) groups excluding carboxylic acids is 8. The van der Waals surface area contributed by atoms with E-state index in [4.69, 9.17) is 48.1 Å². The molecule has 4 amide bonds. The molecule has 24 nitrogen and oxygen atoms in total. The maximum Gasteiger partial charge on any atom is 0.303 e. The number of nitrogens with one attached hydrogen (secondary N) is 4. The minimum Gasteiger partial charge on any atom is -0.481 e. The van der Waals surface area contributed by atoms with Crippen molar-refractivity contribution in [2.45, 2.75) is 226 Å². The Balaban J connectivity index is -0.0000405. The topological polar surface area (TPSA) is 333 Å². The molecule has 0 bridgehead atoms. The minimum atomic E-state index is -0.739. The van der Waals surface area contributed by atoms with Crippen LogP contribution in [0.2, 0.25) is 0 Å². The molecule has 2 atom stereocenters. The number of unbranched alkanes of at least 4 members (excludes halogenated alkanes) is 18. The first-order chi connectivity index (χ1) is 44.1. The van der Waals surface area contributed by atoms with Gasteiger partial charge in [0.25, 0.3) is 0 Å². The molecule has 0 unspecified atom stereocenters. The summed E-state index contributed by atoms with van der Waals surface area (Å²) in [6.07, 6.45) is 26.2. The van der Waals surface area contributed by atoms with Crippen LogP contribution in [-0.2, 0) is 85.8 Å². The van der Waals surface area contributed by atoms with Crippen LogP contribution in [0.25, 0.3) is 0 Å². The highest BCUT2D eigenvalue weighted by atomic mass is 16.5. The summed E-state index contributed by atoms with van der Waals surface area (Å²) in [5, 5.41) is 28.5. The lowest BCUT2D eigenvalue weighted by Crippen LogP contribution is -2.31. The third kappa shape index (κ3) is 65.1. The summed E-state index contributed by atoms with van der Waals surface area (Å²) >= 11 is 0. The normalized spacial score (nSPS) is 11.9. The second-order valence-corrected chi connectivity index (χ2v) is 23.4. The van der Waals surface area contributed by atoms with Crippen molar-refractivity contribution in [3.63, 3.8) is 0 Å². The number of carbonyl (C=O) groups is 10. The molecule has 0 aromatic carbocycles. The summed E-state index contributed by atoms with van der Waals surface area (Å²) in [5.41, 5.74) is 0. The van der Waals surface area contributed by atoms with Gasteiger partial charge in [-0.15, -0.1) is 0 Å². The van der Waals surface area contributed by atoms with E-state index < -0.39 is 11.9 Å². The van der Waals surface area contributed by atoms with Crippen molar-refractivity contribution < 1.29 is 98.9 Å². The molecule has 0 aliphatic carbocycles. The summed E-state index contributed by atoms with van der Waals surface area (Å²) in [4.78, 5) is 119. The molecule has 0 fully saturated rings. The molecule has 0 aromatic rings. The summed E-state index contributed by atoms with van der Waals surface area (Å²) in [5.74, 6) is -2.64. The number of ether oxygens (including phenoxy) is 8. The summed E-state index contributed by atoms with van der Waals surface area (Å²) < 4.78 is 43.5. The zero-order valence-electron chi connectivity index (χ0n) is 55.9. The molecule has 532 valence electrons. The molecule has 91 heavy (non-hydrogen) atoms. The van der Waals surface area contributed by atoms with Crippen LogP contribution in [-0.4, -0.2) is 201 Å². The second kappa shape index (κ2) is 65.3. The van der Waals surface area contributed by atoms with Crippen molar-refractivity contribution in [2.75, 3.05) is 132 Å². The Morgan fingerprint density at radius 3 is 1.08 bits per heavy atom. The van der Waals surface area contributed by atoms with E-state index in [2.05, 4.69) is 21.3 Å². The van der Waals surface area contributed by atoms with Crippen molar-refractivity contribution in [2.24, 2.45) is 11.8 Å². The predicted octanol–water partition coefficient (Wildman–Crippen LogP) is 8.67. The van der Waals surface area contributed by atoms with Gasteiger partial charge in [-0.3, -0.25) is 47.9 Å². The Kier molecular flexibility index (Phi) is 61.8. The fourth-order valence-corrected chi connectivity index (χ4v) is 9.50. The van der Waals surface area contributed by atoms with Crippen LogP contribution in [0.5, 0.6) is 0 Å². The van der Waals surface area contributed by atoms with E-state index in [-0.39, 0.29) is 160 Å². The first-order valence-electron chi connectivity index (χ1n) is 34.3. The van der Waals surface area contributed by atoms with Crippen LogP contribution in [0.4, 0.5) is 0 Å². The summed E-state index contributed by atoms with van der Waals surface area (Å²) in [6.45, 7) is 8.17. The van der Waals surface area contributed by atoms with E-state index in [1.165, 1.54) is 26.2 Å². The number of amides is 4. The maximum atomic E-state index is 13.0. The van der Waals surface area contributed by atoms with Crippen molar-refractivity contribution in [3.8, 4) is 0 Å². The Labute approximate surface area is 546 Å². The highest BCUT2D eigenvalue weighted by Gasteiger charge is 2.22. The van der Waals surface area contributed by atoms with Crippen molar-refractivity contribution >= 4 is 58.7 Å². The number of carboxylic acids is 2. The standard InChI is InChI=1S/C67H120N4O20.2H2/c1-56(27-21-23-35-68-63(77)53-89-48-44-85-40-26-31-60(74)52-88-47-45-86-41-37-70-62(76)32-18-14-10-7-8-12-16-20-34-67(82)83)61(75)51-58(57(2)72)28-22-24-36-69-64(78)54-91-50-46-87-42-38-71-65(79)55-90-49-43-84-39-25-30-59(73)29-17-13-9-5-3-4-6-11-15-19-33-66(80)81;;/h56,58H,3-55H2,1-2H3,(H,68,77)(H,69,78)(H,70,76)(H,71,79)(H,80,81)(H,82,83);2*1H/t56-,58+;;/m0../s1. The molecular weight excluding hydrogens is 1180 g/mol. The fraction of sp³-hybridized carbons (Fsp3) is 0.851. The zero-order chi connectivity index (χ0) is 66.9. The lowest BCUT2D eigenvalue weighted by Gasteiger charge is -2.16. The van der Waals surface area contributed by atoms with Crippen LogP contribution in [0.15, 0.2) is 0 Å². The SMILES string of the molecule is CC(=O)[C@H](CCCCNC(=O)COCCOCCNC(=O)COCCOCCCC(=O)CCCCCCCCCCCCC(=O)O)CC(=O)[C@@H](C)CCCCNC(=O)COCCOCCCC(=O)COCCOCCNC(=O)CCCCCCCCCCC(=O)O.[HH].[HH]. The van der Waals surface area contributed by atoms with Gasteiger partial charge in [0.2, 0.25) is 23.6 Å². The highest BCUT2D eigenvalue weighted by Crippen LogP contribution is 2.20. The monoisotopic (exact) mass is 1300 g/mol. The molecule has 0 aromatic heterocycles. The number of Topliss-reactive ketones (excluding diaryl/α,β-unsaturated/α-hetero) is 4. The van der Waals surface area contributed by atoms with Gasteiger partial charge in [0.1, 0.15) is 43.8 Å². The lowest BCUT2D eigenvalue weighted by molar-refractivity contribution is -0.138. The average molecular weight is 1310 g/mol. The molecule has 0 radical (unpaired) electrons. The molecule has 0 aliphatic heterocycles. The van der Waals surface area contributed by atoms with Gasteiger partial charge in [0, 0.05) is 99.0 Å². The van der Waals surface area contributed by atoms with Gasteiger partial charge in [0.15, 0.2) is 5.78 Å². The van der Waals surface area contributed by atoms with E-state index in [1.54, 1.807) is 0 Å². The van der Waals surface area contributed by atoms with Gasteiger partial charge in [-0.1, -0.05) is 110 Å². The molecule has 6 N–H and O–H groups in total. The van der Waals surface area contributed by atoms with Crippen LogP contribution >= 0.6 is 0 Å². The van der Waals surface area contributed by atoms with Crippen molar-refractivity contribution in [3.05, 3.63) is 0 Å². The molecule has 0 rings (SSSR count). The van der Waals surface area contributed by atoms with E-state index in [0.717, 1.165) is 103 Å². The van der Waals surface area contributed by atoms with E-state index in [9.17, 15) is 47.9 Å².